The number of anilines is 1. The van der Waals surface area contributed by atoms with E-state index in [0.29, 0.717) is 11.3 Å². The first-order valence-corrected chi connectivity index (χ1v) is 8.45. The zero-order valence-electron chi connectivity index (χ0n) is 11.8. The molecule has 1 atom stereocenters. The molecule has 0 saturated carbocycles. The van der Waals surface area contributed by atoms with E-state index in [1.54, 1.807) is 0 Å². The lowest BCUT2D eigenvalue weighted by Gasteiger charge is -2.21. The van der Waals surface area contributed by atoms with E-state index in [0.717, 1.165) is 0 Å². The second-order valence-corrected chi connectivity index (χ2v) is 7.46. The van der Waals surface area contributed by atoms with Crippen molar-refractivity contribution in [2.45, 2.75) is 31.2 Å². The highest BCUT2D eigenvalue weighted by Crippen LogP contribution is 2.32. The molecule has 1 amide bonds. The van der Waals surface area contributed by atoms with Gasteiger partial charge in [-0.3, -0.25) is 4.79 Å². The van der Waals surface area contributed by atoms with Crippen LogP contribution in [-0.4, -0.2) is 26.9 Å². The van der Waals surface area contributed by atoms with Crippen LogP contribution in [0.15, 0.2) is 17.0 Å². The summed E-state index contributed by atoms with van der Waals surface area (Å²) >= 11 is 6.04. The second-order valence-electron chi connectivity index (χ2n) is 5.37. The number of fused-ring (bicyclic) bond motifs is 1. The van der Waals surface area contributed by atoms with Gasteiger partial charge in [-0.15, -0.1) is 0 Å². The maximum Gasteiger partial charge on any atom is 0.242 e. The van der Waals surface area contributed by atoms with Gasteiger partial charge in [-0.1, -0.05) is 25.4 Å². The van der Waals surface area contributed by atoms with Gasteiger partial charge in [0.25, 0.3) is 0 Å². The number of nitrogens with one attached hydrogen (secondary N) is 2. The minimum atomic E-state index is -3.79. The van der Waals surface area contributed by atoms with Crippen LogP contribution >= 0.6 is 11.6 Å². The van der Waals surface area contributed by atoms with Crippen molar-refractivity contribution in [3.8, 4) is 0 Å². The van der Waals surface area contributed by atoms with Crippen LogP contribution in [0.1, 0.15) is 19.4 Å². The number of hydrogen-bond donors (Lipinski definition) is 3. The predicted molar refractivity (Wildman–Crippen MR) is 81.8 cm³/mol. The van der Waals surface area contributed by atoms with Crippen LogP contribution < -0.4 is 15.8 Å². The summed E-state index contributed by atoms with van der Waals surface area (Å²) in [4.78, 5) is 11.3. The monoisotopic (exact) mass is 331 g/mol. The molecule has 116 valence electrons. The number of sulfonamides is 1. The van der Waals surface area contributed by atoms with Crippen LogP contribution in [-0.2, 0) is 21.2 Å². The quantitative estimate of drug-likeness (QED) is 0.751. The zero-order chi connectivity index (χ0) is 15.8. The standard InChI is InChI=1S/C13H18ClN3O3S/c1-7(2)11(6-15)17-21(19,20)12-3-8-4-13(18)16-10(8)5-9(12)14/h3,5,7,11,17H,4,6,15H2,1-2H3,(H,16,18). The normalized spacial score (nSPS) is 16.0. The van der Waals surface area contributed by atoms with E-state index in [1.807, 2.05) is 13.8 Å². The average Bonchev–Trinajstić information content (AvgIpc) is 2.73. The number of rotatable bonds is 5. The highest BCUT2D eigenvalue weighted by molar-refractivity contribution is 7.89. The summed E-state index contributed by atoms with van der Waals surface area (Å²) in [5.74, 6) is -0.119. The molecule has 0 radical (unpaired) electrons. The number of hydrogen-bond acceptors (Lipinski definition) is 4. The van der Waals surface area contributed by atoms with E-state index >= 15 is 0 Å². The summed E-state index contributed by atoms with van der Waals surface area (Å²) in [6.07, 6.45) is 0.152. The van der Waals surface area contributed by atoms with E-state index in [-0.39, 0.29) is 40.8 Å². The van der Waals surface area contributed by atoms with Crippen molar-refractivity contribution < 1.29 is 13.2 Å². The summed E-state index contributed by atoms with van der Waals surface area (Å²) in [5.41, 5.74) is 6.77. The van der Waals surface area contributed by atoms with Gasteiger partial charge >= 0.3 is 0 Å². The molecule has 0 bridgehead atoms. The molecular formula is C13H18ClN3O3S. The van der Waals surface area contributed by atoms with Crippen molar-refractivity contribution in [2.75, 3.05) is 11.9 Å². The number of amides is 1. The minimum Gasteiger partial charge on any atom is -0.329 e. The van der Waals surface area contributed by atoms with Crippen LogP contribution in [0.2, 0.25) is 5.02 Å². The van der Waals surface area contributed by atoms with Crippen molar-refractivity contribution in [2.24, 2.45) is 11.7 Å². The van der Waals surface area contributed by atoms with Crippen molar-refractivity contribution in [1.82, 2.24) is 4.72 Å². The highest BCUT2D eigenvalue weighted by atomic mass is 35.5. The maximum atomic E-state index is 12.5. The molecule has 8 heteroatoms. The van der Waals surface area contributed by atoms with Crippen LogP contribution in [0.4, 0.5) is 5.69 Å². The topological polar surface area (TPSA) is 101 Å². The minimum absolute atomic E-state index is 0.0292. The molecule has 0 saturated heterocycles. The Morgan fingerprint density at radius 2 is 2.10 bits per heavy atom. The number of nitrogens with two attached hydrogens (primary N) is 1. The van der Waals surface area contributed by atoms with Gasteiger partial charge in [0.15, 0.2) is 0 Å². The van der Waals surface area contributed by atoms with Gasteiger partial charge in [0.2, 0.25) is 15.9 Å². The van der Waals surface area contributed by atoms with Gasteiger partial charge in [0.1, 0.15) is 4.90 Å². The molecule has 1 aromatic carbocycles. The fourth-order valence-electron chi connectivity index (χ4n) is 2.15. The Morgan fingerprint density at radius 1 is 1.43 bits per heavy atom. The maximum absolute atomic E-state index is 12.5. The average molecular weight is 332 g/mol. The largest absolute Gasteiger partial charge is 0.329 e. The van der Waals surface area contributed by atoms with Gasteiger partial charge < -0.3 is 11.1 Å². The Kier molecular flexibility index (Phi) is 4.57. The van der Waals surface area contributed by atoms with E-state index < -0.39 is 10.0 Å². The summed E-state index contributed by atoms with van der Waals surface area (Å²) in [7, 11) is -3.79. The first-order valence-electron chi connectivity index (χ1n) is 6.59. The number of halogens is 1. The molecule has 1 heterocycles. The third kappa shape index (κ3) is 3.37. The Balaban J connectivity index is 2.37. The molecule has 0 aromatic heterocycles. The first kappa shape index (κ1) is 16.2. The Morgan fingerprint density at radius 3 is 2.67 bits per heavy atom. The lowest BCUT2D eigenvalue weighted by Crippen LogP contribution is -2.43. The molecular weight excluding hydrogens is 314 g/mol. The Labute approximate surface area is 129 Å². The van der Waals surface area contributed by atoms with E-state index in [4.69, 9.17) is 17.3 Å². The molecule has 6 nitrogen and oxygen atoms in total. The second kappa shape index (κ2) is 5.92. The van der Waals surface area contributed by atoms with Gasteiger partial charge in [0.05, 0.1) is 11.4 Å². The van der Waals surface area contributed by atoms with E-state index in [9.17, 15) is 13.2 Å². The summed E-state index contributed by atoms with van der Waals surface area (Å²) in [6, 6.07) is 2.52. The van der Waals surface area contributed by atoms with Crippen molar-refractivity contribution in [3.05, 3.63) is 22.7 Å². The smallest absolute Gasteiger partial charge is 0.242 e. The Hall–Kier alpha value is -1.15. The van der Waals surface area contributed by atoms with Crippen molar-refractivity contribution in [1.29, 1.82) is 0 Å². The van der Waals surface area contributed by atoms with Crippen molar-refractivity contribution in [3.63, 3.8) is 0 Å². The predicted octanol–water partition coefficient (Wildman–Crippen LogP) is 1.10. The fraction of sp³-hybridized carbons (Fsp3) is 0.462. The summed E-state index contributed by atoms with van der Waals surface area (Å²) in [5, 5.41) is 2.70. The van der Waals surface area contributed by atoms with Gasteiger partial charge in [-0.2, -0.15) is 0 Å². The molecule has 0 spiro atoms. The third-order valence-corrected chi connectivity index (χ3v) is 5.39. The molecule has 0 aliphatic carbocycles. The molecule has 1 aliphatic rings. The lowest BCUT2D eigenvalue weighted by atomic mass is 10.1. The number of carbonyl (C=O) groups excluding carboxylic acids is 1. The van der Waals surface area contributed by atoms with E-state index in [2.05, 4.69) is 10.0 Å². The first-order chi connectivity index (χ1) is 9.74. The highest BCUT2D eigenvalue weighted by Gasteiger charge is 2.27. The lowest BCUT2D eigenvalue weighted by molar-refractivity contribution is -0.115. The Bertz CT molecular complexity index is 673. The fourth-order valence-corrected chi connectivity index (χ4v) is 4.13. The zero-order valence-corrected chi connectivity index (χ0v) is 13.4. The molecule has 21 heavy (non-hydrogen) atoms. The summed E-state index contributed by atoms with van der Waals surface area (Å²) < 4.78 is 27.5. The third-order valence-electron chi connectivity index (χ3n) is 3.44. The molecule has 1 unspecified atom stereocenters. The van der Waals surface area contributed by atoms with Gasteiger partial charge in [0, 0.05) is 18.3 Å². The van der Waals surface area contributed by atoms with Crippen LogP contribution in [0, 0.1) is 5.92 Å². The molecule has 4 N–H and O–H groups in total. The molecule has 0 fully saturated rings. The van der Waals surface area contributed by atoms with Crippen LogP contribution in [0.5, 0.6) is 0 Å². The number of benzene rings is 1. The van der Waals surface area contributed by atoms with Crippen LogP contribution in [0.25, 0.3) is 0 Å². The van der Waals surface area contributed by atoms with Gasteiger partial charge in [-0.05, 0) is 23.6 Å². The van der Waals surface area contributed by atoms with Crippen LogP contribution in [0.3, 0.4) is 0 Å². The van der Waals surface area contributed by atoms with Gasteiger partial charge in [-0.25, -0.2) is 13.1 Å². The summed E-state index contributed by atoms with van der Waals surface area (Å²) in [6.45, 7) is 3.96. The van der Waals surface area contributed by atoms with E-state index in [1.165, 1.54) is 12.1 Å². The molecule has 1 aromatic rings. The number of carbonyl (C=O) groups is 1. The molecule has 2 rings (SSSR count). The van der Waals surface area contributed by atoms with Crippen molar-refractivity contribution >= 4 is 33.2 Å². The SMILES string of the molecule is CC(C)C(CN)NS(=O)(=O)c1cc2c(cc1Cl)NC(=O)C2. The molecule has 1 aliphatic heterocycles.